The van der Waals surface area contributed by atoms with Crippen LogP contribution in [0.15, 0.2) is 29.2 Å². The molecule has 122 valence electrons. The topological polar surface area (TPSA) is 84.5 Å². The van der Waals surface area contributed by atoms with Gasteiger partial charge in [0.05, 0.1) is 11.0 Å². The molecule has 1 atom stereocenters. The molecule has 1 aliphatic heterocycles. The molecule has 1 aromatic carbocycles. The van der Waals surface area contributed by atoms with E-state index in [1.807, 2.05) is 0 Å². The number of benzene rings is 1. The summed E-state index contributed by atoms with van der Waals surface area (Å²) in [6.45, 7) is 1.29. The lowest BCUT2D eigenvalue weighted by Gasteiger charge is -2.11. The van der Waals surface area contributed by atoms with Crippen LogP contribution in [0, 0.1) is 0 Å². The minimum atomic E-state index is -3.54. The lowest BCUT2D eigenvalue weighted by molar-refractivity contribution is -0.118. The number of sulfonamides is 1. The fourth-order valence-electron chi connectivity index (χ4n) is 2.13. The highest BCUT2D eigenvalue weighted by Gasteiger charge is 2.20. The number of carbonyl (C=O) groups excluding carboxylic acids is 1. The summed E-state index contributed by atoms with van der Waals surface area (Å²) in [5, 5.41) is 2.62. The van der Waals surface area contributed by atoms with E-state index >= 15 is 0 Å². The number of nitrogens with one attached hydrogen (secondary N) is 2. The second-order valence-corrected chi connectivity index (χ2v) is 7.08. The van der Waals surface area contributed by atoms with Crippen molar-refractivity contribution < 1.29 is 17.9 Å². The van der Waals surface area contributed by atoms with E-state index in [1.54, 1.807) is 12.1 Å². The average Bonchev–Trinajstić information content (AvgIpc) is 3.04. The van der Waals surface area contributed by atoms with Gasteiger partial charge in [-0.25, -0.2) is 13.1 Å². The standard InChI is InChI=1S/C14H19ClN2O4S/c15-8-14(18)16-9-11-3-5-13(6-4-11)22(19,20)17-10-12-2-1-7-21-12/h3-6,12,17H,1-2,7-10H2,(H,16,18). The summed E-state index contributed by atoms with van der Waals surface area (Å²) in [6.07, 6.45) is 1.80. The molecule has 1 aromatic rings. The Morgan fingerprint density at radius 3 is 2.64 bits per heavy atom. The Kier molecular flexibility index (Phi) is 6.19. The highest BCUT2D eigenvalue weighted by atomic mass is 35.5. The number of ether oxygens (including phenoxy) is 1. The summed E-state index contributed by atoms with van der Waals surface area (Å²) < 4.78 is 32.3. The molecule has 22 heavy (non-hydrogen) atoms. The first kappa shape index (κ1) is 17.2. The van der Waals surface area contributed by atoms with Crippen molar-refractivity contribution in [1.29, 1.82) is 0 Å². The van der Waals surface area contributed by atoms with E-state index in [0.29, 0.717) is 13.2 Å². The Hall–Kier alpha value is -1.15. The van der Waals surface area contributed by atoms with Gasteiger partial charge in [0.1, 0.15) is 5.88 Å². The molecule has 1 saturated heterocycles. The number of carbonyl (C=O) groups is 1. The van der Waals surface area contributed by atoms with Gasteiger partial charge >= 0.3 is 0 Å². The Bertz CT molecular complexity index is 598. The third kappa shape index (κ3) is 4.95. The second-order valence-electron chi connectivity index (χ2n) is 5.04. The summed E-state index contributed by atoms with van der Waals surface area (Å²) in [4.78, 5) is 11.3. The Morgan fingerprint density at radius 1 is 1.32 bits per heavy atom. The van der Waals surface area contributed by atoms with Crippen LogP contribution in [0.1, 0.15) is 18.4 Å². The zero-order valence-electron chi connectivity index (χ0n) is 12.0. The molecule has 0 bridgehead atoms. The van der Waals surface area contributed by atoms with Crippen molar-refractivity contribution in [3.8, 4) is 0 Å². The largest absolute Gasteiger partial charge is 0.377 e. The van der Waals surface area contributed by atoms with E-state index in [9.17, 15) is 13.2 Å². The molecule has 8 heteroatoms. The van der Waals surface area contributed by atoms with E-state index in [0.717, 1.165) is 18.4 Å². The van der Waals surface area contributed by atoms with Gasteiger partial charge in [-0.2, -0.15) is 0 Å². The molecule has 6 nitrogen and oxygen atoms in total. The molecule has 1 amide bonds. The normalized spacial score (nSPS) is 18.3. The van der Waals surface area contributed by atoms with E-state index in [4.69, 9.17) is 16.3 Å². The van der Waals surface area contributed by atoms with E-state index < -0.39 is 10.0 Å². The van der Waals surface area contributed by atoms with Crippen LogP contribution in [0.2, 0.25) is 0 Å². The van der Waals surface area contributed by atoms with Crippen LogP contribution in [-0.2, 0) is 26.1 Å². The maximum Gasteiger partial charge on any atom is 0.240 e. The summed E-state index contributed by atoms with van der Waals surface area (Å²) >= 11 is 5.38. The molecule has 0 radical (unpaired) electrons. The maximum atomic E-state index is 12.2. The van der Waals surface area contributed by atoms with Crippen LogP contribution in [0.4, 0.5) is 0 Å². The van der Waals surface area contributed by atoms with Crippen molar-refractivity contribution in [3.63, 3.8) is 0 Å². The summed E-state index contributed by atoms with van der Waals surface area (Å²) in [5.41, 5.74) is 0.802. The van der Waals surface area contributed by atoms with Crippen molar-refractivity contribution >= 4 is 27.5 Å². The molecule has 1 unspecified atom stereocenters. The van der Waals surface area contributed by atoms with Gasteiger partial charge in [0.15, 0.2) is 0 Å². The van der Waals surface area contributed by atoms with Crippen molar-refractivity contribution in [2.75, 3.05) is 19.0 Å². The van der Waals surface area contributed by atoms with Crippen LogP contribution in [0.25, 0.3) is 0 Å². The highest BCUT2D eigenvalue weighted by Crippen LogP contribution is 2.14. The Labute approximate surface area is 135 Å². The quantitative estimate of drug-likeness (QED) is 0.721. The Morgan fingerprint density at radius 2 is 2.05 bits per heavy atom. The predicted octanol–water partition coefficient (Wildman–Crippen LogP) is 0.999. The first-order valence-corrected chi connectivity index (χ1v) is 9.06. The maximum absolute atomic E-state index is 12.2. The van der Waals surface area contributed by atoms with E-state index in [-0.39, 0.29) is 29.3 Å². The lowest BCUT2D eigenvalue weighted by Crippen LogP contribution is -2.31. The number of hydrogen-bond acceptors (Lipinski definition) is 4. The zero-order chi connectivity index (χ0) is 16.0. The van der Waals surface area contributed by atoms with Crippen LogP contribution in [0.3, 0.4) is 0 Å². The first-order chi connectivity index (χ1) is 10.5. The zero-order valence-corrected chi connectivity index (χ0v) is 13.6. The van der Waals surface area contributed by atoms with Gasteiger partial charge in [0, 0.05) is 19.7 Å². The third-order valence-electron chi connectivity index (χ3n) is 3.37. The van der Waals surface area contributed by atoms with Crippen molar-refractivity contribution in [2.24, 2.45) is 0 Å². The number of halogens is 1. The van der Waals surface area contributed by atoms with Crippen LogP contribution >= 0.6 is 11.6 Å². The summed E-state index contributed by atoms with van der Waals surface area (Å²) in [7, 11) is -3.54. The average molecular weight is 347 g/mol. The molecule has 0 saturated carbocycles. The smallest absolute Gasteiger partial charge is 0.240 e. The predicted molar refractivity (Wildman–Crippen MR) is 83.2 cm³/mol. The van der Waals surface area contributed by atoms with Gasteiger partial charge in [0.25, 0.3) is 0 Å². The van der Waals surface area contributed by atoms with Crippen LogP contribution < -0.4 is 10.0 Å². The number of alkyl halides is 1. The van der Waals surface area contributed by atoms with Gasteiger partial charge in [-0.1, -0.05) is 12.1 Å². The summed E-state index contributed by atoms with van der Waals surface area (Å²) in [6, 6.07) is 6.35. The Balaban J connectivity index is 1.91. The fraction of sp³-hybridized carbons (Fsp3) is 0.500. The third-order valence-corrected chi connectivity index (χ3v) is 5.05. The monoisotopic (exact) mass is 346 g/mol. The van der Waals surface area contributed by atoms with Gasteiger partial charge in [-0.05, 0) is 30.5 Å². The molecule has 0 spiro atoms. The lowest BCUT2D eigenvalue weighted by atomic mass is 10.2. The number of hydrogen-bond donors (Lipinski definition) is 2. The van der Waals surface area contributed by atoms with Crippen molar-refractivity contribution in [2.45, 2.75) is 30.4 Å². The molecule has 1 aliphatic rings. The van der Waals surface area contributed by atoms with Crippen molar-refractivity contribution in [3.05, 3.63) is 29.8 Å². The highest BCUT2D eigenvalue weighted by molar-refractivity contribution is 7.89. The molecule has 2 N–H and O–H groups in total. The number of rotatable bonds is 7. The van der Waals surface area contributed by atoms with Gasteiger partial charge in [-0.15, -0.1) is 11.6 Å². The first-order valence-electron chi connectivity index (χ1n) is 7.04. The van der Waals surface area contributed by atoms with Gasteiger partial charge in [-0.3, -0.25) is 4.79 Å². The number of amides is 1. The molecule has 1 fully saturated rings. The molecule has 0 aliphatic carbocycles. The van der Waals surface area contributed by atoms with Gasteiger partial charge in [0.2, 0.25) is 15.9 Å². The van der Waals surface area contributed by atoms with Crippen molar-refractivity contribution in [1.82, 2.24) is 10.0 Å². The van der Waals surface area contributed by atoms with Gasteiger partial charge < -0.3 is 10.1 Å². The van der Waals surface area contributed by atoms with E-state index in [1.165, 1.54) is 12.1 Å². The molecular formula is C14H19ClN2O4S. The van der Waals surface area contributed by atoms with Crippen LogP contribution in [-0.4, -0.2) is 39.5 Å². The molecular weight excluding hydrogens is 328 g/mol. The molecule has 2 rings (SSSR count). The molecule has 1 heterocycles. The molecule has 0 aromatic heterocycles. The van der Waals surface area contributed by atoms with Crippen LogP contribution in [0.5, 0.6) is 0 Å². The fourth-order valence-corrected chi connectivity index (χ4v) is 3.29. The summed E-state index contributed by atoms with van der Waals surface area (Å²) in [5.74, 6) is -0.365. The second kappa shape index (κ2) is 7.92. The minimum absolute atomic E-state index is 0.0418. The minimum Gasteiger partial charge on any atom is -0.377 e. The SMILES string of the molecule is O=C(CCl)NCc1ccc(S(=O)(=O)NCC2CCCO2)cc1. The van der Waals surface area contributed by atoms with E-state index in [2.05, 4.69) is 10.0 Å².